The summed E-state index contributed by atoms with van der Waals surface area (Å²) in [6.07, 6.45) is 6.29. The van der Waals surface area contributed by atoms with E-state index in [-0.39, 0.29) is 17.7 Å². The molecule has 26 heavy (non-hydrogen) atoms. The van der Waals surface area contributed by atoms with Gasteiger partial charge in [-0.3, -0.25) is 19.0 Å². The summed E-state index contributed by atoms with van der Waals surface area (Å²) in [6.45, 7) is 2.06. The summed E-state index contributed by atoms with van der Waals surface area (Å²) >= 11 is 0. The number of nitrogens with zero attached hydrogens (tertiary/aromatic N) is 4. The van der Waals surface area contributed by atoms with E-state index in [0.29, 0.717) is 43.5 Å². The number of amides is 1. The number of carbonyl (C=O) groups is 1. The van der Waals surface area contributed by atoms with Gasteiger partial charge in [-0.15, -0.1) is 0 Å². The minimum Gasteiger partial charge on any atom is -0.472 e. The summed E-state index contributed by atoms with van der Waals surface area (Å²) in [7, 11) is 0. The Morgan fingerprint density at radius 2 is 2.04 bits per heavy atom. The van der Waals surface area contributed by atoms with Gasteiger partial charge >= 0.3 is 11.1 Å². The molecule has 1 saturated carbocycles. The summed E-state index contributed by atoms with van der Waals surface area (Å²) in [5.74, 6) is 1.17. The lowest BCUT2D eigenvalue weighted by molar-refractivity contribution is 0.0782. The van der Waals surface area contributed by atoms with E-state index in [4.69, 9.17) is 4.42 Å². The maximum Gasteiger partial charge on any atom is 0.332 e. The molecule has 136 valence electrons. The van der Waals surface area contributed by atoms with E-state index in [0.717, 1.165) is 12.8 Å². The van der Waals surface area contributed by atoms with E-state index in [1.165, 1.54) is 28.2 Å². The molecule has 0 radical (unpaired) electrons. The van der Waals surface area contributed by atoms with Gasteiger partial charge in [0.25, 0.3) is 5.91 Å². The molecule has 8 heteroatoms. The number of aromatic nitrogens is 3. The van der Waals surface area contributed by atoms with Gasteiger partial charge < -0.3 is 9.32 Å². The van der Waals surface area contributed by atoms with Crippen LogP contribution in [0.4, 0.5) is 0 Å². The van der Waals surface area contributed by atoms with Crippen LogP contribution in [-0.2, 0) is 13.1 Å². The standard InChI is InChI=1S/C18H20N4O4/c23-16(12-4-5-26-10-12)20-7-13-8-21-15(14(13)9-20)19-22(18(25)17(21)24)6-11-2-1-3-11/h4-5,10-11,13-14H,1-3,6-9H2/t13-,14-/m1/s1. The van der Waals surface area contributed by atoms with Gasteiger partial charge in [0.15, 0.2) is 0 Å². The van der Waals surface area contributed by atoms with Crippen molar-refractivity contribution >= 4 is 5.91 Å². The Kier molecular flexibility index (Phi) is 3.41. The van der Waals surface area contributed by atoms with Gasteiger partial charge in [0.05, 0.1) is 11.8 Å². The first-order valence-corrected chi connectivity index (χ1v) is 9.15. The van der Waals surface area contributed by atoms with Gasteiger partial charge in [0, 0.05) is 38.0 Å². The number of likely N-dealkylation sites (tertiary alicyclic amines) is 1. The molecule has 0 N–H and O–H groups in total. The highest BCUT2D eigenvalue weighted by Gasteiger charge is 2.44. The Hall–Kier alpha value is -2.64. The number of furan rings is 1. The summed E-state index contributed by atoms with van der Waals surface area (Å²) in [5.41, 5.74) is -0.464. The largest absolute Gasteiger partial charge is 0.472 e. The Labute approximate surface area is 149 Å². The first-order valence-electron chi connectivity index (χ1n) is 9.15. The average Bonchev–Trinajstić information content (AvgIpc) is 3.30. The molecule has 0 spiro atoms. The van der Waals surface area contributed by atoms with Crippen molar-refractivity contribution in [3.8, 4) is 0 Å². The Balaban J connectivity index is 1.44. The van der Waals surface area contributed by atoms with Crippen molar-refractivity contribution < 1.29 is 9.21 Å². The summed E-state index contributed by atoms with van der Waals surface area (Å²) < 4.78 is 7.88. The highest BCUT2D eigenvalue weighted by Crippen LogP contribution is 2.37. The summed E-state index contributed by atoms with van der Waals surface area (Å²) in [5, 5.41) is 4.55. The molecule has 5 rings (SSSR count). The molecule has 1 saturated heterocycles. The Bertz CT molecular complexity index is 970. The predicted octanol–water partition coefficient (Wildman–Crippen LogP) is 0.667. The quantitative estimate of drug-likeness (QED) is 0.754. The third-order valence-corrected chi connectivity index (χ3v) is 6.06. The molecular weight excluding hydrogens is 336 g/mol. The number of hydrogen-bond acceptors (Lipinski definition) is 5. The van der Waals surface area contributed by atoms with Crippen LogP contribution in [0.2, 0.25) is 0 Å². The first kappa shape index (κ1) is 15.6. The van der Waals surface area contributed by atoms with Crippen LogP contribution in [0, 0.1) is 11.8 Å². The Morgan fingerprint density at radius 3 is 2.73 bits per heavy atom. The molecule has 2 aromatic rings. The second kappa shape index (κ2) is 5.69. The monoisotopic (exact) mass is 356 g/mol. The molecule has 0 aromatic carbocycles. The molecule has 1 aliphatic carbocycles. The zero-order valence-electron chi connectivity index (χ0n) is 14.3. The van der Waals surface area contributed by atoms with Crippen LogP contribution in [0.15, 0.2) is 32.6 Å². The highest BCUT2D eigenvalue weighted by molar-refractivity contribution is 5.94. The van der Waals surface area contributed by atoms with E-state index in [9.17, 15) is 14.4 Å². The molecule has 3 aliphatic rings. The number of carbonyl (C=O) groups excluding carboxylic acids is 1. The van der Waals surface area contributed by atoms with Crippen LogP contribution in [0.1, 0.15) is 41.4 Å². The minimum atomic E-state index is -0.521. The fourth-order valence-electron chi connectivity index (χ4n) is 4.37. The SMILES string of the molecule is O=C(c1ccoc1)N1C[C@@H]2Cn3c(nn(CC4CCC4)c(=O)c3=O)[C@@H]2C1. The molecule has 2 aromatic heterocycles. The molecule has 2 atom stereocenters. The normalized spacial score (nSPS) is 24.4. The zero-order chi connectivity index (χ0) is 17.8. The van der Waals surface area contributed by atoms with Crippen molar-refractivity contribution in [2.24, 2.45) is 11.8 Å². The van der Waals surface area contributed by atoms with Crippen molar-refractivity contribution in [1.29, 1.82) is 0 Å². The van der Waals surface area contributed by atoms with Crippen molar-refractivity contribution in [2.75, 3.05) is 13.1 Å². The Morgan fingerprint density at radius 1 is 1.19 bits per heavy atom. The minimum absolute atomic E-state index is 0.00629. The molecule has 8 nitrogen and oxygen atoms in total. The lowest BCUT2D eigenvalue weighted by atomic mass is 9.85. The second-order valence-corrected chi connectivity index (χ2v) is 7.65. The van der Waals surface area contributed by atoms with E-state index >= 15 is 0 Å². The van der Waals surface area contributed by atoms with Gasteiger partial charge in [-0.05, 0) is 24.8 Å². The van der Waals surface area contributed by atoms with E-state index in [1.807, 2.05) is 0 Å². The number of rotatable bonds is 3. The third-order valence-electron chi connectivity index (χ3n) is 6.06. The van der Waals surface area contributed by atoms with Crippen molar-refractivity contribution in [3.05, 3.63) is 50.7 Å². The van der Waals surface area contributed by atoms with Crippen molar-refractivity contribution in [2.45, 2.75) is 38.3 Å². The maximum absolute atomic E-state index is 12.6. The highest BCUT2D eigenvalue weighted by atomic mass is 16.3. The zero-order valence-corrected chi connectivity index (χ0v) is 14.3. The molecule has 1 amide bonds. The van der Waals surface area contributed by atoms with Gasteiger partial charge in [-0.1, -0.05) is 6.42 Å². The average molecular weight is 356 g/mol. The van der Waals surface area contributed by atoms with Gasteiger partial charge in [-0.25, -0.2) is 4.68 Å². The smallest absolute Gasteiger partial charge is 0.332 e. The fraction of sp³-hybridized carbons (Fsp3) is 0.556. The molecule has 4 heterocycles. The lowest BCUT2D eigenvalue weighted by Crippen LogP contribution is -2.45. The summed E-state index contributed by atoms with van der Waals surface area (Å²) in [6, 6.07) is 1.66. The molecule has 0 bridgehead atoms. The van der Waals surface area contributed by atoms with Crippen LogP contribution in [0.25, 0.3) is 0 Å². The molecule has 0 unspecified atom stereocenters. The molecular formula is C18H20N4O4. The molecule has 2 fully saturated rings. The predicted molar refractivity (Wildman–Crippen MR) is 90.9 cm³/mol. The molecule has 2 aliphatic heterocycles. The van der Waals surface area contributed by atoms with E-state index < -0.39 is 11.1 Å². The third kappa shape index (κ3) is 2.28. The van der Waals surface area contributed by atoms with Crippen molar-refractivity contribution in [1.82, 2.24) is 19.2 Å². The van der Waals surface area contributed by atoms with Crippen LogP contribution in [-0.4, -0.2) is 38.2 Å². The van der Waals surface area contributed by atoms with E-state index in [2.05, 4.69) is 5.10 Å². The van der Waals surface area contributed by atoms with Gasteiger partial charge in [-0.2, -0.15) is 5.10 Å². The maximum atomic E-state index is 12.6. The van der Waals surface area contributed by atoms with Crippen molar-refractivity contribution in [3.63, 3.8) is 0 Å². The fourth-order valence-corrected chi connectivity index (χ4v) is 4.37. The van der Waals surface area contributed by atoms with Crippen LogP contribution in [0.5, 0.6) is 0 Å². The summed E-state index contributed by atoms with van der Waals surface area (Å²) in [4.78, 5) is 39.2. The number of hydrogen-bond donors (Lipinski definition) is 0. The topological polar surface area (TPSA) is 90.3 Å². The van der Waals surface area contributed by atoms with Crippen LogP contribution in [0.3, 0.4) is 0 Å². The van der Waals surface area contributed by atoms with E-state index in [1.54, 1.807) is 11.0 Å². The van der Waals surface area contributed by atoms with Gasteiger partial charge in [0.1, 0.15) is 12.1 Å². The van der Waals surface area contributed by atoms with Crippen LogP contribution < -0.4 is 11.1 Å². The number of fused-ring (bicyclic) bond motifs is 3. The first-order chi connectivity index (χ1) is 12.6. The second-order valence-electron chi connectivity index (χ2n) is 7.65. The lowest BCUT2D eigenvalue weighted by Gasteiger charge is -2.25. The van der Waals surface area contributed by atoms with Crippen LogP contribution >= 0.6 is 0 Å². The van der Waals surface area contributed by atoms with Gasteiger partial charge in [0.2, 0.25) is 0 Å².